The van der Waals surface area contributed by atoms with Crippen LogP contribution < -0.4 is 0 Å². The Bertz CT molecular complexity index is 1170. The molecular weight excluding hydrogens is 394 g/mol. The van der Waals surface area contributed by atoms with E-state index in [0.717, 1.165) is 16.8 Å². The molecule has 0 radical (unpaired) electrons. The van der Waals surface area contributed by atoms with Crippen LogP contribution in [0.4, 0.5) is 0 Å². The number of aromatic nitrogens is 3. The quantitative estimate of drug-likeness (QED) is 0.610. The second kappa shape index (κ2) is 7.40. The van der Waals surface area contributed by atoms with Gasteiger partial charge in [-0.15, -0.1) is 0 Å². The maximum absolute atomic E-state index is 13.0. The number of aryl methyl sites for hydroxylation is 2. The zero-order valence-electron chi connectivity index (χ0n) is 15.9. The van der Waals surface area contributed by atoms with Crippen molar-refractivity contribution in [3.8, 4) is 0 Å². The van der Waals surface area contributed by atoms with E-state index in [1.807, 2.05) is 54.8 Å². The van der Waals surface area contributed by atoms with E-state index in [1.165, 1.54) is 0 Å². The maximum atomic E-state index is 13.0. The molecule has 9 heteroatoms. The fraction of sp³-hybridized carbons (Fsp3) is 0.368. The van der Waals surface area contributed by atoms with E-state index in [9.17, 15) is 8.42 Å². The van der Waals surface area contributed by atoms with Crippen LogP contribution in [0.3, 0.4) is 0 Å². The number of hydrogen-bond acceptors (Lipinski definition) is 5. The van der Waals surface area contributed by atoms with Gasteiger partial charge in [-0.3, -0.25) is 9.30 Å². The third-order valence-electron chi connectivity index (χ3n) is 5.10. The first-order chi connectivity index (χ1) is 13.4. The summed E-state index contributed by atoms with van der Waals surface area (Å²) in [5, 5.41) is 4.54. The molecule has 0 amide bonds. The molecule has 1 aliphatic rings. The number of piperazine rings is 1. The van der Waals surface area contributed by atoms with Crippen LogP contribution in [0, 0.1) is 18.6 Å². The summed E-state index contributed by atoms with van der Waals surface area (Å²) in [5.41, 5.74) is 2.66. The number of nitrogens with zero attached hydrogens (tertiary/aromatic N) is 5. The van der Waals surface area contributed by atoms with Crippen LogP contribution in [0.2, 0.25) is 0 Å². The Kier molecular flexibility index (Phi) is 5.09. The summed E-state index contributed by atoms with van der Waals surface area (Å²) in [6.07, 6.45) is 1.90. The van der Waals surface area contributed by atoms with Crippen LogP contribution in [-0.4, -0.2) is 58.0 Å². The van der Waals surface area contributed by atoms with Crippen molar-refractivity contribution in [3.63, 3.8) is 0 Å². The number of fused-ring (bicyclic) bond motifs is 1. The minimum absolute atomic E-state index is 0.397. The molecule has 4 rings (SSSR count). The van der Waals surface area contributed by atoms with Crippen molar-refractivity contribution in [2.24, 2.45) is 0 Å². The van der Waals surface area contributed by atoms with E-state index < -0.39 is 10.0 Å². The fourth-order valence-corrected chi connectivity index (χ4v) is 5.47. The third-order valence-corrected chi connectivity index (χ3v) is 7.57. The van der Waals surface area contributed by atoms with Gasteiger partial charge < -0.3 is 0 Å². The molecule has 0 spiro atoms. The molecule has 1 aliphatic heterocycles. The van der Waals surface area contributed by atoms with E-state index in [-0.39, 0.29) is 0 Å². The maximum Gasteiger partial charge on any atom is 0.243 e. The zero-order valence-corrected chi connectivity index (χ0v) is 17.6. The number of sulfonamides is 1. The van der Waals surface area contributed by atoms with Crippen molar-refractivity contribution >= 4 is 27.9 Å². The van der Waals surface area contributed by atoms with Crippen LogP contribution in [0.5, 0.6) is 0 Å². The van der Waals surface area contributed by atoms with Gasteiger partial charge in [0.1, 0.15) is 0 Å². The number of pyridine rings is 1. The second-order valence-corrected chi connectivity index (χ2v) is 9.41. The van der Waals surface area contributed by atoms with Gasteiger partial charge in [-0.1, -0.05) is 23.8 Å². The summed E-state index contributed by atoms with van der Waals surface area (Å²) in [4.78, 5) is 2.57. The Morgan fingerprint density at radius 2 is 1.82 bits per heavy atom. The van der Waals surface area contributed by atoms with Gasteiger partial charge in [0.05, 0.1) is 11.6 Å². The highest BCUT2D eigenvalue weighted by atomic mass is 32.2. The van der Waals surface area contributed by atoms with Gasteiger partial charge in [-0.25, -0.2) is 13.1 Å². The molecule has 1 fully saturated rings. The SMILES string of the molecule is Cc1ccc(S(=O)(=O)N2CCN(Cn3nc4ccccn4c3=S)CC2)c(C)c1. The molecule has 2 aromatic heterocycles. The van der Waals surface area contributed by atoms with Crippen molar-refractivity contribution < 1.29 is 8.42 Å². The van der Waals surface area contributed by atoms with Gasteiger partial charge in [-0.2, -0.15) is 9.40 Å². The van der Waals surface area contributed by atoms with Gasteiger partial charge >= 0.3 is 0 Å². The highest BCUT2D eigenvalue weighted by Crippen LogP contribution is 2.22. The van der Waals surface area contributed by atoms with Crippen LogP contribution in [0.15, 0.2) is 47.5 Å². The molecule has 0 unspecified atom stereocenters. The molecule has 3 heterocycles. The van der Waals surface area contributed by atoms with E-state index >= 15 is 0 Å². The standard InChI is InChI=1S/C19H23N5O2S2/c1-15-6-7-17(16(2)13-15)28(25,26)22-11-9-21(10-12-22)14-24-19(27)23-8-4-3-5-18(23)20-24/h3-8,13H,9-12,14H2,1-2H3. The fourth-order valence-electron chi connectivity index (χ4n) is 3.59. The number of benzene rings is 1. The topological polar surface area (TPSA) is 62.9 Å². The summed E-state index contributed by atoms with van der Waals surface area (Å²) in [6.45, 7) is 6.55. The lowest BCUT2D eigenvalue weighted by Gasteiger charge is -2.33. The average molecular weight is 418 g/mol. The summed E-state index contributed by atoms with van der Waals surface area (Å²) < 4.78 is 31.9. The third kappa shape index (κ3) is 3.50. The van der Waals surface area contributed by atoms with Gasteiger partial charge in [-0.05, 0) is 49.8 Å². The van der Waals surface area contributed by atoms with Crippen molar-refractivity contribution in [2.75, 3.05) is 26.2 Å². The Hall–Kier alpha value is -2.07. The molecule has 1 aromatic carbocycles. The molecule has 0 atom stereocenters. The second-order valence-electron chi connectivity index (χ2n) is 7.14. The Labute approximate surface area is 169 Å². The summed E-state index contributed by atoms with van der Waals surface area (Å²) >= 11 is 5.50. The molecule has 0 saturated carbocycles. The van der Waals surface area contributed by atoms with Crippen molar-refractivity contribution in [2.45, 2.75) is 25.4 Å². The summed E-state index contributed by atoms with van der Waals surface area (Å²) in [7, 11) is -3.47. The largest absolute Gasteiger partial charge is 0.282 e. The molecule has 0 N–H and O–H groups in total. The minimum Gasteiger partial charge on any atom is -0.282 e. The van der Waals surface area contributed by atoms with Crippen LogP contribution in [-0.2, 0) is 16.7 Å². The average Bonchev–Trinajstić information content (AvgIpc) is 2.98. The molecule has 7 nitrogen and oxygen atoms in total. The summed E-state index contributed by atoms with van der Waals surface area (Å²) in [6, 6.07) is 11.2. The highest BCUT2D eigenvalue weighted by Gasteiger charge is 2.29. The van der Waals surface area contributed by atoms with Gasteiger partial charge in [0, 0.05) is 32.4 Å². The predicted octanol–water partition coefficient (Wildman–Crippen LogP) is 2.45. The van der Waals surface area contributed by atoms with E-state index in [2.05, 4.69) is 10.00 Å². The monoisotopic (exact) mass is 417 g/mol. The lowest BCUT2D eigenvalue weighted by molar-refractivity contribution is 0.145. The van der Waals surface area contributed by atoms with Gasteiger partial charge in [0.15, 0.2) is 5.65 Å². The normalized spacial score (nSPS) is 16.6. The van der Waals surface area contributed by atoms with Gasteiger partial charge in [0.25, 0.3) is 0 Å². The number of rotatable bonds is 4. The smallest absolute Gasteiger partial charge is 0.243 e. The first-order valence-corrected chi connectivity index (χ1v) is 11.0. The van der Waals surface area contributed by atoms with Gasteiger partial charge in [0.2, 0.25) is 14.8 Å². The number of hydrogen-bond donors (Lipinski definition) is 0. The molecule has 3 aromatic rings. The van der Waals surface area contributed by atoms with E-state index in [0.29, 0.717) is 42.5 Å². The minimum atomic E-state index is -3.47. The van der Waals surface area contributed by atoms with E-state index in [4.69, 9.17) is 12.2 Å². The lowest BCUT2D eigenvalue weighted by atomic mass is 10.2. The van der Waals surface area contributed by atoms with Crippen LogP contribution in [0.25, 0.3) is 5.65 Å². The van der Waals surface area contributed by atoms with Crippen molar-refractivity contribution in [3.05, 3.63) is 58.5 Å². The first-order valence-electron chi connectivity index (χ1n) is 9.20. The Morgan fingerprint density at radius 3 is 2.50 bits per heavy atom. The molecular formula is C19H23N5O2S2. The van der Waals surface area contributed by atoms with E-state index in [1.54, 1.807) is 15.1 Å². The lowest BCUT2D eigenvalue weighted by Crippen LogP contribution is -2.49. The van der Waals surface area contributed by atoms with Crippen molar-refractivity contribution in [1.29, 1.82) is 0 Å². The van der Waals surface area contributed by atoms with Crippen LogP contribution in [0.1, 0.15) is 11.1 Å². The predicted molar refractivity (Wildman–Crippen MR) is 110 cm³/mol. The molecule has 28 heavy (non-hydrogen) atoms. The highest BCUT2D eigenvalue weighted by molar-refractivity contribution is 7.89. The Balaban J connectivity index is 1.47. The molecule has 0 bridgehead atoms. The Morgan fingerprint density at radius 1 is 1.07 bits per heavy atom. The zero-order chi connectivity index (χ0) is 19.9. The molecule has 1 saturated heterocycles. The van der Waals surface area contributed by atoms with Crippen LogP contribution >= 0.6 is 12.2 Å². The van der Waals surface area contributed by atoms with Crippen molar-refractivity contribution in [1.82, 2.24) is 23.4 Å². The first kappa shape index (κ1) is 19.3. The summed E-state index contributed by atoms with van der Waals surface area (Å²) in [5.74, 6) is 0. The molecule has 0 aliphatic carbocycles. The molecule has 148 valence electrons.